The Balaban J connectivity index is 2.06. The van der Waals surface area contributed by atoms with Crippen LogP contribution < -0.4 is 4.74 Å². The van der Waals surface area contributed by atoms with E-state index in [9.17, 15) is 4.79 Å². The molecule has 1 amide bonds. The SMILES string of the molecule is CCCCN(C)C(=O)c1cn(-c2ccccc2)nc1-c1cccc(OC)c1. The molecule has 0 aliphatic carbocycles. The van der Waals surface area contributed by atoms with Crippen LogP contribution in [-0.4, -0.2) is 41.3 Å². The lowest BCUT2D eigenvalue weighted by Crippen LogP contribution is -2.27. The Hall–Kier alpha value is -3.08. The van der Waals surface area contributed by atoms with Gasteiger partial charge < -0.3 is 9.64 Å². The number of ether oxygens (including phenoxy) is 1. The maximum Gasteiger partial charge on any atom is 0.257 e. The molecule has 0 fully saturated rings. The summed E-state index contributed by atoms with van der Waals surface area (Å²) in [4.78, 5) is 14.8. The summed E-state index contributed by atoms with van der Waals surface area (Å²) in [5.74, 6) is 0.711. The number of benzene rings is 2. The average molecular weight is 363 g/mol. The molecular formula is C22H25N3O2. The molecule has 0 aliphatic rings. The molecule has 0 spiro atoms. The Morgan fingerprint density at radius 2 is 1.93 bits per heavy atom. The molecule has 5 nitrogen and oxygen atoms in total. The minimum absolute atomic E-state index is 0.0246. The molecule has 1 heterocycles. The normalized spacial score (nSPS) is 10.6. The summed E-state index contributed by atoms with van der Waals surface area (Å²) in [6, 6.07) is 17.4. The maximum atomic E-state index is 13.1. The van der Waals surface area contributed by atoms with Crippen molar-refractivity contribution in [3.63, 3.8) is 0 Å². The van der Waals surface area contributed by atoms with Crippen LogP contribution in [0.15, 0.2) is 60.8 Å². The molecule has 3 rings (SSSR count). The summed E-state index contributed by atoms with van der Waals surface area (Å²) < 4.78 is 7.10. The van der Waals surface area contributed by atoms with Gasteiger partial charge in [-0.05, 0) is 30.7 Å². The number of para-hydroxylation sites is 1. The Labute approximate surface area is 160 Å². The molecule has 1 aromatic heterocycles. The minimum atomic E-state index is -0.0246. The molecule has 0 N–H and O–H groups in total. The highest BCUT2D eigenvalue weighted by molar-refractivity contribution is 5.99. The fraction of sp³-hybridized carbons (Fsp3) is 0.273. The van der Waals surface area contributed by atoms with E-state index < -0.39 is 0 Å². The van der Waals surface area contributed by atoms with Crippen molar-refractivity contribution < 1.29 is 9.53 Å². The van der Waals surface area contributed by atoms with Gasteiger partial charge in [0.25, 0.3) is 5.91 Å². The number of aromatic nitrogens is 2. The number of amides is 1. The highest BCUT2D eigenvalue weighted by atomic mass is 16.5. The van der Waals surface area contributed by atoms with Gasteiger partial charge in [0.15, 0.2) is 0 Å². The molecule has 0 saturated heterocycles. The van der Waals surface area contributed by atoms with Crippen molar-refractivity contribution in [3.8, 4) is 22.7 Å². The summed E-state index contributed by atoms with van der Waals surface area (Å²) in [6.07, 6.45) is 3.84. The lowest BCUT2D eigenvalue weighted by Gasteiger charge is -2.16. The Kier molecular flexibility index (Phi) is 5.91. The van der Waals surface area contributed by atoms with Gasteiger partial charge in [-0.2, -0.15) is 5.10 Å². The predicted molar refractivity (Wildman–Crippen MR) is 107 cm³/mol. The molecule has 27 heavy (non-hydrogen) atoms. The van der Waals surface area contributed by atoms with Crippen molar-refractivity contribution in [2.24, 2.45) is 0 Å². The van der Waals surface area contributed by atoms with Crippen LogP contribution in [0.3, 0.4) is 0 Å². The quantitative estimate of drug-likeness (QED) is 0.624. The van der Waals surface area contributed by atoms with Crippen molar-refractivity contribution in [3.05, 3.63) is 66.4 Å². The van der Waals surface area contributed by atoms with Gasteiger partial charge in [0.05, 0.1) is 18.4 Å². The first-order valence-corrected chi connectivity index (χ1v) is 9.19. The van der Waals surface area contributed by atoms with Gasteiger partial charge in [0.2, 0.25) is 0 Å². The van der Waals surface area contributed by atoms with E-state index in [2.05, 4.69) is 6.92 Å². The Morgan fingerprint density at radius 1 is 1.15 bits per heavy atom. The van der Waals surface area contributed by atoms with E-state index in [0.717, 1.165) is 36.4 Å². The van der Waals surface area contributed by atoms with Crippen LogP contribution in [0.1, 0.15) is 30.1 Å². The zero-order valence-corrected chi connectivity index (χ0v) is 16.1. The third kappa shape index (κ3) is 4.19. The van der Waals surface area contributed by atoms with Gasteiger partial charge in [-0.3, -0.25) is 4.79 Å². The minimum Gasteiger partial charge on any atom is -0.497 e. The molecule has 5 heteroatoms. The number of unbranched alkanes of at least 4 members (excludes halogenated alkanes) is 1. The second-order valence-electron chi connectivity index (χ2n) is 6.48. The first kappa shape index (κ1) is 18.7. The van der Waals surface area contributed by atoms with Crippen molar-refractivity contribution >= 4 is 5.91 Å². The number of nitrogens with zero attached hydrogens (tertiary/aromatic N) is 3. The lowest BCUT2D eigenvalue weighted by atomic mass is 10.1. The first-order valence-electron chi connectivity index (χ1n) is 9.19. The lowest BCUT2D eigenvalue weighted by molar-refractivity contribution is 0.0794. The molecule has 0 bridgehead atoms. The Bertz CT molecular complexity index is 903. The van der Waals surface area contributed by atoms with E-state index >= 15 is 0 Å². The number of rotatable bonds is 7. The van der Waals surface area contributed by atoms with E-state index in [1.807, 2.05) is 67.8 Å². The third-order valence-corrected chi connectivity index (χ3v) is 4.50. The highest BCUT2D eigenvalue weighted by Gasteiger charge is 2.21. The van der Waals surface area contributed by atoms with Crippen LogP contribution in [0, 0.1) is 0 Å². The zero-order chi connectivity index (χ0) is 19.2. The van der Waals surface area contributed by atoms with E-state index in [1.165, 1.54) is 0 Å². The van der Waals surface area contributed by atoms with Gasteiger partial charge >= 0.3 is 0 Å². The van der Waals surface area contributed by atoms with E-state index in [-0.39, 0.29) is 5.91 Å². The molecule has 2 aromatic carbocycles. The molecule has 140 valence electrons. The van der Waals surface area contributed by atoms with Gasteiger partial charge in [-0.15, -0.1) is 0 Å². The molecular weight excluding hydrogens is 338 g/mol. The molecule has 0 unspecified atom stereocenters. The summed E-state index contributed by atoms with van der Waals surface area (Å²) >= 11 is 0. The van der Waals surface area contributed by atoms with Gasteiger partial charge in [0, 0.05) is 25.4 Å². The summed E-state index contributed by atoms with van der Waals surface area (Å²) in [7, 11) is 3.47. The fourth-order valence-electron chi connectivity index (χ4n) is 2.93. The molecule has 0 atom stereocenters. The molecule has 3 aromatic rings. The van der Waals surface area contributed by atoms with Crippen molar-refractivity contribution in [1.29, 1.82) is 0 Å². The zero-order valence-electron chi connectivity index (χ0n) is 16.1. The largest absolute Gasteiger partial charge is 0.497 e. The van der Waals surface area contributed by atoms with Crippen LogP contribution in [0.4, 0.5) is 0 Å². The third-order valence-electron chi connectivity index (χ3n) is 4.50. The van der Waals surface area contributed by atoms with Gasteiger partial charge in [-0.1, -0.05) is 43.7 Å². The highest BCUT2D eigenvalue weighted by Crippen LogP contribution is 2.27. The maximum absolute atomic E-state index is 13.1. The van der Waals surface area contributed by atoms with Crippen molar-refractivity contribution in [2.45, 2.75) is 19.8 Å². The molecule has 0 saturated carbocycles. The monoisotopic (exact) mass is 363 g/mol. The number of hydrogen-bond acceptors (Lipinski definition) is 3. The number of methoxy groups -OCH3 is 1. The van der Waals surface area contributed by atoms with E-state index in [0.29, 0.717) is 11.3 Å². The average Bonchev–Trinajstić information content (AvgIpc) is 3.17. The van der Waals surface area contributed by atoms with Crippen LogP contribution >= 0.6 is 0 Å². The molecule has 0 aliphatic heterocycles. The van der Waals surface area contributed by atoms with Crippen LogP contribution in [-0.2, 0) is 0 Å². The second-order valence-corrected chi connectivity index (χ2v) is 6.48. The van der Waals surface area contributed by atoms with Gasteiger partial charge in [0.1, 0.15) is 11.4 Å². The van der Waals surface area contributed by atoms with E-state index in [1.54, 1.807) is 16.7 Å². The van der Waals surface area contributed by atoms with E-state index in [4.69, 9.17) is 9.84 Å². The van der Waals surface area contributed by atoms with Crippen LogP contribution in [0.25, 0.3) is 16.9 Å². The van der Waals surface area contributed by atoms with Crippen LogP contribution in [0.5, 0.6) is 5.75 Å². The second kappa shape index (κ2) is 8.54. The first-order chi connectivity index (χ1) is 13.1. The van der Waals surface area contributed by atoms with Crippen molar-refractivity contribution in [2.75, 3.05) is 20.7 Å². The topological polar surface area (TPSA) is 47.4 Å². The van der Waals surface area contributed by atoms with Crippen molar-refractivity contribution in [1.82, 2.24) is 14.7 Å². The van der Waals surface area contributed by atoms with Gasteiger partial charge in [-0.25, -0.2) is 4.68 Å². The Morgan fingerprint density at radius 3 is 2.63 bits per heavy atom. The van der Waals surface area contributed by atoms with Crippen LogP contribution in [0.2, 0.25) is 0 Å². The number of hydrogen-bond donors (Lipinski definition) is 0. The summed E-state index contributed by atoms with van der Waals surface area (Å²) in [6.45, 7) is 2.84. The standard InChI is InChI=1S/C22H25N3O2/c1-4-5-14-24(2)22(26)20-16-25(18-11-7-6-8-12-18)23-21(20)17-10-9-13-19(15-17)27-3/h6-13,15-16H,4-5,14H2,1-3H3. The number of carbonyl (C=O) groups excluding carboxylic acids is 1. The predicted octanol–water partition coefficient (Wildman–Crippen LogP) is 4.42. The number of carbonyl (C=O) groups is 1. The summed E-state index contributed by atoms with van der Waals surface area (Å²) in [5, 5.41) is 4.72. The smallest absolute Gasteiger partial charge is 0.257 e. The molecule has 0 radical (unpaired) electrons. The summed E-state index contributed by atoms with van der Waals surface area (Å²) in [5.41, 5.74) is 3.02. The fourth-order valence-corrected chi connectivity index (χ4v) is 2.93.